The van der Waals surface area contributed by atoms with Gasteiger partial charge in [0.1, 0.15) is 0 Å². The fraction of sp³-hybridized carbons (Fsp3) is 1.00. The molecule has 2 nitrogen and oxygen atoms in total. The summed E-state index contributed by atoms with van der Waals surface area (Å²) in [6.07, 6.45) is 0. The Kier molecular flexibility index (Phi) is 3.75. The van der Waals surface area contributed by atoms with E-state index in [4.69, 9.17) is 5.40 Å². The molecular formula is C2H12N2Si2. The van der Waals surface area contributed by atoms with Gasteiger partial charge in [-0.05, 0) is 7.05 Å². The lowest BCUT2D eigenvalue weighted by atomic mass is 11.6. The molecule has 0 fully saturated rings. The topological polar surface area (TPSA) is 29.3 Å². The van der Waals surface area contributed by atoms with Crippen LogP contribution in [0.1, 0.15) is 0 Å². The summed E-state index contributed by atoms with van der Waals surface area (Å²) in [5.74, 6) is 0. The summed E-state index contributed by atoms with van der Waals surface area (Å²) in [7, 11) is 1.95. The summed E-state index contributed by atoms with van der Waals surface area (Å²) in [5.41, 5.74) is 0. The molecule has 0 atom stereocenters. The first-order valence-corrected chi connectivity index (χ1v) is 5.69. The van der Waals surface area contributed by atoms with E-state index >= 15 is 0 Å². The lowest BCUT2D eigenvalue weighted by molar-refractivity contribution is 0.848. The molecule has 4 heteroatoms. The summed E-state index contributed by atoms with van der Waals surface area (Å²) in [4.78, 5) is 0. The Morgan fingerprint density at radius 3 is 2.17 bits per heavy atom. The molecule has 0 bridgehead atoms. The van der Waals surface area contributed by atoms with Crippen LogP contribution in [0.4, 0.5) is 0 Å². The maximum atomic E-state index is 5.38. The van der Waals surface area contributed by atoms with Gasteiger partial charge in [0.2, 0.25) is 0 Å². The zero-order chi connectivity index (χ0) is 4.99. The Labute approximate surface area is 43.6 Å². The third-order valence-electron chi connectivity index (χ3n) is 0.852. The van der Waals surface area contributed by atoms with E-state index in [0.29, 0.717) is 0 Å². The Morgan fingerprint density at radius 2 is 2.17 bits per heavy atom. The minimum absolute atomic E-state index is 0.108. The smallest absolute Gasteiger partial charge is 0.160 e. The van der Waals surface area contributed by atoms with Crippen LogP contribution in [0.15, 0.2) is 0 Å². The highest BCUT2D eigenvalue weighted by Crippen LogP contribution is 1.62. The molecule has 0 aromatic rings. The lowest BCUT2D eigenvalue weighted by Crippen LogP contribution is -2.31. The van der Waals surface area contributed by atoms with Crippen LogP contribution in [0, 0.1) is 0 Å². The SMILES string of the molecule is C[SiH2]N(C)[SiH2]N. The predicted octanol–water partition coefficient (Wildman–Crippen LogP) is -1.99. The van der Waals surface area contributed by atoms with Crippen LogP contribution in [-0.2, 0) is 0 Å². The van der Waals surface area contributed by atoms with E-state index in [1.165, 1.54) is 0 Å². The second kappa shape index (κ2) is 3.54. The third-order valence-corrected chi connectivity index (χ3v) is 4.67. The van der Waals surface area contributed by atoms with E-state index < -0.39 is 0 Å². The summed E-state index contributed by atoms with van der Waals surface area (Å²) >= 11 is 0. The Bertz CT molecular complexity index is 28.7. The monoisotopic (exact) mass is 120 g/mol. The van der Waals surface area contributed by atoms with Crippen LogP contribution in [0.3, 0.4) is 0 Å². The predicted molar refractivity (Wildman–Crippen MR) is 34.9 cm³/mol. The molecule has 0 aromatic carbocycles. The first-order chi connectivity index (χ1) is 2.81. The van der Waals surface area contributed by atoms with Crippen molar-refractivity contribution in [3.8, 4) is 0 Å². The highest BCUT2D eigenvalue weighted by Gasteiger charge is 1.84. The van der Waals surface area contributed by atoms with Crippen LogP contribution in [-0.4, -0.2) is 30.8 Å². The first kappa shape index (κ1) is 6.35. The highest BCUT2D eigenvalue weighted by atomic mass is 28.3. The zero-order valence-corrected chi connectivity index (χ0v) is 7.27. The molecule has 0 aliphatic carbocycles. The second-order valence-corrected chi connectivity index (χ2v) is 5.41. The summed E-state index contributed by atoms with van der Waals surface area (Å²) < 4.78 is 2.31. The zero-order valence-electron chi connectivity index (χ0n) is 4.44. The van der Waals surface area contributed by atoms with Crippen molar-refractivity contribution < 1.29 is 0 Å². The van der Waals surface area contributed by atoms with Gasteiger partial charge in [-0.2, -0.15) is 0 Å². The van der Waals surface area contributed by atoms with Gasteiger partial charge in [-0.3, -0.25) is 0 Å². The molecule has 0 aliphatic rings. The molecule has 0 rings (SSSR count). The number of nitrogens with zero attached hydrogens (tertiary/aromatic N) is 1. The van der Waals surface area contributed by atoms with E-state index in [1.807, 2.05) is 0 Å². The maximum absolute atomic E-state index is 5.38. The van der Waals surface area contributed by atoms with Crippen molar-refractivity contribution in [3.63, 3.8) is 0 Å². The van der Waals surface area contributed by atoms with Crippen molar-refractivity contribution in [1.29, 1.82) is 0 Å². The van der Waals surface area contributed by atoms with E-state index in [9.17, 15) is 0 Å². The standard InChI is InChI=1S/C2H12N2Si2/c1-4(5-2)6-3/h3,5-6H2,1-2H3. The summed E-state index contributed by atoms with van der Waals surface area (Å²) in [6.45, 7) is 2.25. The normalized spacial score (nSPS) is 14.0. The molecule has 0 unspecified atom stereocenters. The molecular weight excluding hydrogens is 108 g/mol. The van der Waals surface area contributed by atoms with Crippen molar-refractivity contribution in [2.24, 2.45) is 5.40 Å². The van der Waals surface area contributed by atoms with Crippen molar-refractivity contribution in [3.05, 3.63) is 0 Å². The number of nitrogens with two attached hydrogens (primary N) is 1. The molecule has 38 valence electrons. The number of hydrogen-bond acceptors (Lipinski definition) is 2. The summed E-state index contributed by atoms with van der Waals surface area (Å²) in [5, 5.41) is 5.38. The van der Waals surface area contributed by atoms with E-state index in [2.05, 4.69) is 17.8 Å². The molecule has 0 radical (unpaired) electrons. The highest BCUT2D eigenvalue weighted by molar-refractivity contribution is 6.47. The van der Waals surface area contributed by atoms with E-state index in [1.54, 1.807) is 0 Å². The molecule has 2 N–H and O–H groups in total. The molecule has 0 aliphatic heterocycles. The largest absolute Gasteiger partial charge is 0.346 e. The van der Waals surface area contributed by atoms with Crippen LogP contribution < -0.4 is 5.40 Å². The molecule has 0 heterocycles. The lowest BCUT2D eigenvalue weighted by Gasteiger charge is -2.06. The van der Waals surface area contributed by atoms with Gasteiger partial charge in [0, 0.05) is 0 Å². The Morgan fingerprint density at radius 1 is 1.67 bits per heavy atom. The molecule has 0 saturated carbocycles. The Hall–Kier alpha value is 0.354. The minimum atomic E-state index is -0.267. The average molecular weight is 120 g/mol. The van der Waals surface area contributed by atoms with Gasteiger partial charge in [-0.1, -0.05) is 6.55 Å². The molecule has 0 aromatic heterocycles. The van der Waals surface area contributed by atoms with Crippen LogP contribution in [0.5, 0.6) is 0 Å². The van der Waals surface area contributed by atoms with Gasteiger partial charge in [0.15, 0.2) is 9.84 Å². The third kappa shape index (κ3) is 2.58. The van der Waals surface area contributed by atoms with Gasteiger partial charge < -0.3 is 9.63 Å². The van der Waals surface area contributed by atoms with E-state index in [0.717, 1.165) is 0 Å². The number of hydrogen-bond donors (Lipinski definition) is 1. The first-order valence-electron chi connectivity index (χ1n) is 2.20. The van der Waals surface area contributed by atoms with Crippen LogP contribution in [0.2, 0.25) is 6.55 Å². The number of rotatable bonds is 2. The fourth-order valence-electron chi connectivity index (χ4n) is 0.129. The van der Waals surface area contributed by atoms with Crippen molar-refractivity contribution in [2.45, 2.75) is 6.55 Å². The van der Waals surface area contributed by atoms with Crippen LogP contribution in [0.25, 0.3) is 0 Å². The molecule has 0 amide bonds. The van der Waals surface area contributed by atoms with E-state index in [-0.39, 0.29) is 19.5 Å². The quantitative estimate of drug-likeness (QED) is 0.428. The van der Waals surface area contributed by atoms with Gasteiger partial charge in [0.05, 0.1) is 9.68 Å². The molecule has 6 heavy (non-hydrogen) atoms. The van der Waals surface area contributed by atoms with Gasteiger partial charge in [0.25, 0.3) is 0 Å². The molecule has 0 saturated heterocycles. The van der Waals surface area contributed by atoms with Crippen molar-refractivity contribution in [1.82, 2.24) is 4.23 Å². The Balaban J connectivity index is 2.75. The minimum Gasteiger partial charge on any atom is -0.346 e. The van der Waals surface area contributed by atoms with Crippen LogP contribution >= 0.6 is 0 Å². The average Bonchev–Trinajstić information content (AvgIpc) is 1.65. The van der Waals surface area contributed by atoms with Crippen molar-refractivity contribution >= 4 is 19.5 Å². The summed E-state index contributed by atoms with van der Waals surface area (Å²) in [6, 6.07) is 0. The van der Waals surface area contributed by atoms with Crippen molar-refractivity contribution in [2.75, 3.05) is 7.05 Å². The van der Waals surface area contributed by atoms with Gasteiger partial charge in [-0.15, -0.1) is 0 Å². The van der Waals surface area contributed by atoms with Gasteiger partial charge in [-0.25, -0.2) is 0 Å². The van der Waals surface area contributed by atoms with Gasteiger partial charge >= 0.3 is 0 Å². The second-order valence-electron chi connectivity index (χ2n) is 1.35. The molecule has 0 spiro atoms. The maximum Gasteiger partial charge on any atom is 0.160 e. The fourth-order valence-corrected chi connectivity index (χ4v) is 1.16.